The molecule has 0 aliphatic heterocycles. The number of halogens is 3. The summed E-state index contributed by atoms with van der Waals surface area (Å²) in [5.41, 5.74) is 1.89. The Balaban J connectivity index is 1.60. The zero-order valence-corrected chi connectivity index (χ0v) is 17.0. The number of hydrogen-bond acceptors (Lipinski definition) is 5. The number of rotatable bonds is 4. The normalized spacial score (nSPS) is 10.8. The molecule has 0 unspecified atom stereocenters. The minimum atomic E-state index is -0.574. The maximum Gasteiger partial charge on any atom is 0.256 e. The fraction of sp³-hybridized carbons (Fsp3) is 0.0500. The quantitative estimate of drug-likeness (QED) is 0.493. The van der Waals surface area contributed by atoms with Gasteiger partial charge in [-0.2, -0.15) is 10.2 Å². The Hall–Kier alpha value is -3.36. The van der Waals surface area contributed by atoms with Crippen LogP contribution in [0, 0.1) is 12.7 Å². The molecule has 0 radical (unpaired) electrons. The van der Waals surface area contributed by atoms with Gasteiger partial charge in [0.15, 0.2) is 5.82 Å². The molecule has 1 amide bonds. The molecule has 0 fully saturated rings. The molecular weight excluding hydrogens is 430 g/mol. The maximum atomic E-state index is 14.8. The van der Waals surface area contributed by atoms with E-state index in [2.05, 4.69) is 25.5 Å². The lowest BCUT2D eigenvalue weighted by atomic mass is 9.99. The summed E-state index contributed by atoms with van der Waals surface area (Å²) in [6, 6.07) is 5.88. The van der Waals surface area contributed by atoms with Crippen molar-refractivity contribution in [1.29, 1.82) is 0 Å². The molecule has 0 saturated carbocycles. The minimum absolute atomic E-state index is 0.176. The van der Waals surface area contributed by atoms with E-state index in [1.54, 1.807) is 19.1 Å². The van der Waals surface area contributed by atoms with Gasteiger partial charge in [0.1, 0.15) is 5.82 Å². The third-order valence-electron chi connectivity index (χ3n) is 4.31. The lowest BCUT2D eigenvalue weighted by Gasteiger charge is -2.12. The Labute approximate surface area is 180 Å². The van der Waals surface area contributed by atoms with Crippen LogP contribution in [0.3, 0.4) is 0 Å². The van der Waals surface area contributed by atoms with Crippen molar-refractivity contribution in [3.8, 4) is 16.9 Å². The lowest BCUT2D eigenvalue weighted by Crippen LogP contribution is -2.15. The van der Waals surface area contributed by atoms with Crippen LogP contribution in [0.5, 0.6) is 0 Å². The number of anilines is 1. The summed E-state index contributed by atoms with van der Waals surface area (Å²) in [5.74, 6) is -0.753. The standard InChI is InChI=1S/C20H13Cl2FN6O/c1-11-6-15(13-2-3-24-10-17(13)22)18(23)8-14(11)20(30)28-12-7-16(21)19(25-9-12)29-26-4-5-27-29/h2-10H,1H3,(H,28,30). The zero-order valence-electron chi connectivity index (χ0n) is 15.5. The first-order valence-corrected chi connectivity index (χ1v) is 9.43. The predicted octanol–water partition coefficient (Wildman–Crippen LogP) is 4.73. The van der Waals surface area contributed by atoms with Crippen LogP contribution < -0.4 is 5.32 Å². The van der Waals surface area contributed by atoms with E-state index in [-0.39, 0.29) is 16.1 Å². The largest absolute Gasteiger partial charge is 0.321 e. The molecule has 4 rings (SSSR count). The first kappa shape index (κ1) is 19.9. The molecule has 4 aromatic rings. The number of carbonyl (C=O) groups excluding carboxylic acids is 1. The average molecular weight is 443 g/mol. The van der Waals surface area contributed by atoms with Crippen molar-refractivity contribution in [2.45, 2.75) is 6.92 Å². The van der Waals surface area contributed by atoms with Crippen molar-refractivity contribution in [2.75, 3.05) is 5.32 Å². The van der Waals surface area contributed by atoms with Gasteiger partial charge in [0, 0.05) is 29.1 Å². The van der Waals surface area contributed by atoms with Crippen LogP contribution in [0.25, 0.3) is 16.9 Å². The van der Waals surface area contributed by atoms with E-state index >= 15 is 0 Å². The molecule has 150 valence electrons. The average Bonchev–Trinajstić information content (AvgIpc) is 3.24. The van der Waals surface area contributed by atoms with Crippen molar-refractivity contribution in [3.05, 3.63) is 82.2 Å². The van der Waals surface area contributed by atoms with Gasteiger partial charge in [-0.3, -0.25) is 9.78 Å². The smallest absolute Gasteiger partial charge is 0.256 e. The van der Waals surface area contributed by atoms with Crippen LogP contribution in [0.4, 0.5) is 10.1 Å². The Morgan fingerprint density at radius 2 is 1.80 bits per heavy atom. The molecule has 0 spiro atoms. The first-order valence-electron chi connectivity index (χ1n) is 8.67. The summed E-state index contributed by atoms with van der Waals surface area (Å²) in [6.45, 7) is 1.71. The number of pyridine rings is 2. The van der Waals surface area contributed by atoms with Gasteiger partial charge in [0.05, 0.1) is 34.3 Å². The van der Waals surface area contributed by atoms with E-state index < -0.39 is 11.7 Å². The second-order valence-electron chi connectivity index (χ2n) is 6.30. The van der Waals surface area contributed by atoms with Gasteiger partial charge in [-0.1, -0.05) is 23.2 Å². The molecule has 7 nitrogen and oxygen atoms in total. The number of carbonyl (C=O) groups is 1. The minimum Gasteiger partial charge on any atom is -0.321 e. The molecule has 10 heteroatoms. The van der Waals surface area contributed by atoms with Crippen molar-refractivity contribution in [1.82, 2.24) is 25.0 Å². The highest BCUT2D eigenvalue weighted by molar-refractivity contribution is 6.33. The molecule has 3 aromatic heterocycles. The number of benzene rings is 1. The third-order valence-corrected chi connectivity index (χ3v) is 4.89. The second kappa shape index (κ2) is 8.17. The highest BCUT2D eigenvalue weighted by atomic mass is 35.5. The molecule has 3 heterocycles. The van der Waals surface area contributed by atoms with Crippen LogP contribution in [0.1, 0.15) is 15.9 Å². The van der Waals surface area contributed by atoms with Gasteiger partial charge in [0.2, 0.25) is 0 Å². The maximum absolute atomic E-state index is 14.8. The fourth-order valence-corrected chi connectivity index (χ4v) is 3.36. The number of amides is 1. The van der Waals surface area contributed by atoms with Gasteiger partial charge in [-0.05, 0) is 36.8 Å². The summed E-state index contributed by atoms with van der Waals surface area (Å²) in [5, 5.41) is 11.2. The van der Waals surface area contributed by atoms with Crippen molar-refractivity contribution >= 4 is 34.8 Å². The van der Waals surface area contributed by atoms with Crippen molar-refractivity contribution in [2.24, 2.45) is 0 Å². The summed E-state index contributed by atoms with van der Waals surface area (Å²) < 4.78 is 14.8. The van der Waals surface area contributed by atoms with Gasteiger partial charge >= 0.3 is 0 Å². The van der Waals surface area contributed by atoms with Crippen molar-refractivity contribution in [3.63, 3.8) is 0 Å². The Kier molecular flexibility index (Phi) is 5.43. The number of aryl methyl sites for hydroxylation is 1. The van der Waals surface area contributed by atoms with Crippen LogP contribution in [-0.2, 0) is 0 Å². The van der Waals surface area contributed by atoms with E-state index in [0.717, 1.165) is 0 Å². The van der Waals surface area contributed by atoms with E-state index in [4.69, 9.17) is 23.2 Å². The van der Waals surface area contributed by atoms with Crippen LogP contribution in [0.2, 0.25) is 10.0 Å². The van der Waals surface area contributed by atoms with E-state index in [1.807, 2.05) is 0 Å². The monoisotopic (exact) mass is 442 g/mol. The molecule has 0 saturated heterocycles. The lowest BCUT2D eigenvalue weighted by molar-refractivity contribution is 0.102. The topological polar surface area (TPSA) is 85.6 Å². The second-order valence-corrected chi connectivity index (χ2v) is 7.12. The SMILES string of the molecule is Cc1cc(-c2ccncc2Cl)c(F)cc1C(=O)Nc1cnc(-n2nccn2)c(Cl)c1. The molecule has 30 heavy (non-hydrogen) atoms. The summed E-state index contributed by atoms with van der Waals surface area (Å²) in [4.78, 5) is 22.0. The highest BCUT2D eigenvalue weighted by Crippen LogP contribution is 2.31. The predicted molar refractivity (Wildman–Crippen MR) is 111 cm³/mol. The summed E-state index contributed by atoms with van der Waals surface area (Å²) in [7, 11) is 0. The highest BCUT2D eigenvalue weighted by Gasteiger charge is 2.17. The van der Waals surface area contributed by atoms with Crippen LogP contribution >= 0.6 is 23.2 Å². The molecule has 0 bridgehead atoms. The third kappa shape index (κ3) is 3.87. The molecule has 0 atom stereocenters. The Bertz CT molecular complexity index is 1250. The first-order chi connectivity index (χ1) is 14.4. The number of nitrogens with one attached hydrogen (secondary N) is 1. The molecular formula is C20H13Cl2FN6O. The fourth-order valence-electron chi connectivity index (χ4n) is 2.90. The van der Waals surface area contributed by atoms with Crippen LogP contribution in [-0.4, -0.2) is 30.9 Å². The Morgan fingerprint density at radius 3 is 2.50 bits per heavy atom. The molecule has 1 N–H and O–H groups in total. The van der Waals surface area contributed by atoms with E-state index in [1.165, 1.54) is 47.9 Å². The molecule has 0 aliphatic rings. The van der Waals surface area contributed by atoms with Gasteiger partial charge in [-0.25, -0.2) is 9.37 Å². The number of aromatic nitrogens is 5. The molecule has 0 aliphatic carbocycles. The number of hydrogen-bond donors (Lipinski definition) is 1. The summed E-state index contributed by atoms with van der Waals surface area (Å²) in [6.07, 6.45) is 7.36. The van der Waals surface area contributed by atoms with Gasteiger partial charge in [-0.15, -0.1) is 4.80 Å². The van der Waals surface area contributed by atoms with Crippen LogP contribution in [0.15, 0.2) is 55.2 Å². The van der Waals surface area contributed by atoms with E-state index in [0.29, 0.717) is 27.7 Å². The van der Waals surface area contributed by atoms with E-state index in [9.17, 15) is 9.18 Å². The van der Waals surface area contributed by atoms with Gasteiger partial charge < -0.3 is 5.32 Å². The van der Waals surface area contributed by atoms with Gasteiger partial charge in [0.25, 0.3) is 5.91 Å². The number of nitrogens with zero attached hydrogens (tertiary/aromatic N) is 5. The Morgan fingerprint density at radius 1 is 1.03 bits per heavy atom. The summed E-state index contributed by atoms with van der Waals surface area (Å²) >= 11 is 12.3. The molecule has 1 aromatic carbocycles. The van der Waals surface area contributed by atoms with Crippen molar-refractivity contribution < 1.29 is 9.18 Å². The zero-order chi connectivity index (χ0) is 21.3.